The van der Waals surface area contributed by atoms with E-state index in [1.54, 1.807) is 0 Å². The lowest BCUT2D eigenvalue weighted by atomic mass is 9.95. The Balaban J connectivity index is 2.43. The number of methoxy groups -OCH3 is 1. The molecule has 0 spiro atoms. The molecule has 1 amide bonds. The molecule has 1 fully saturated rings. The minimum atomic E-state index is -0.888. The molecule has 0 heterocycles. The number of carboxylic acid groups (broad SMARTS) is 1. The average molecular weight is 287 g/mol. The van der Waals surface area contributed by atoms with E-state index in [-0.39, 0.29) is 12.5 Å². The first-order valence-corrected chi connectivity index (χ1v) is 7.17. The molecule has 6 nitrogen and oxygen atoms in total. The molecule has 0 bridgehead atoms. The highest BCUT2D eigenvalue weighted by atomic mass is 16.5. The van der Waals surface area contributed by atoms with Crippen molar-refractivity contribution in [3.05, 3.63) is 0 Å². The zero-order chi connectivity index (χ0) is 15.1. The summed E-state index contributed by atoms with van der Waals surface area (Å²) in [5.41, 5.74) is 0. The van der Waals surface area contributed by atoms with Crippen molar-refractivity contribution in [3.8, 4) is 0 Å². The van der Waals surface area contributed by atoms with E-state index in [4.69, 9.17) is 4.74 Å². The van der Waals surface area contributed by atoms with Gasteiger partial charge in [0.15, 0.2) is 0 Å². The molecule has 3 N–H and O–H groups in total. The van der Waals surface area contributed by atoms with Crippen LogP contribution in [0.15, 0.2) is 0 Å². The Labute approximate surface area is 119 Å². The van der Waals surface area contributed by atoms with E-state index < -0.39 is 23.9 Å². The summed E-state index contributed by atoms with van der Waals surface area (Å²) in [6.07, 6.45) is 1.92. The van der Waals surface area contributed by atoms with E-state index >= 15 is 0 Å². The van der Waals surface area contributed by atoms with Gasteiger partial charge >= 0.3 is 5.97 Å². The van der Waals surface area contributed by atoms with Crippen molar-refractivity contribution >= 4 is 11.9 Å². The van der Waals surface area contributed by atoms with Crippen LogP contribution in [0.2, 0.25) is 0 Å². The van der Waals surface area contributed by atoms with Crippen molar-refractivity contribution in [3.63, 3.8) is 0 Å². The molecule has 0 aromatic carbocycles. The van der Waals surface area contributed by atoms with E-state index in [1.807, 2.05) is 6.92 Å². The fourth-order valence-corrected chi connectivity index (χ4v) is 2.81. The SMILES string of the molecule is CCC1CC(C(=O)O)C(C(=O)NCCC(O)COC)C1. The summed E-state index contributed by atoms with van der Waals surface area (Å²) in [5, 5.41) is 21.4. The highest BCUT2D eigenvalue weighted by Gasteiger charge is 2.41. The number of rotatable bonds is 8. The first kappa shape index (κ1) is 16.9. The van der Waals surface area contributed by atoms with E-state index in [0.29, 0.717) is 31.7 Å². The largest absolute Gasteiger partial charge is 0.481 e. The number of carbonyl (C=O) groups is 2. The summed E-state index contributed by atoms with van der Waals surface area (Å²) in [4.78, 5) is 23.3. The van der Waals surface area contributed by atoms with Gasteiger partial charge < -0.3 is 20.3 Å². The van der Waals surface area contributed by atoms with Gasteiger partial charge in [-0.3, -0.25) is 9.59 Å². The number of amides is 1. The maximum Gasteiger partial charge on any atom is 0.307 e. The molecule has 0 aliphatic heterocycles. The Hall–Kier alpha value is -1.14. The molecule has 1 aliphatic rings. The van der Waals surface area contributed by atoms with Gasteiger partial charge in [0, 0.05) is 13.7 Å². The molecule has 0 radical (unpaired) electrons. The van der Waals surface area contributed by atoms with Crippen molar-refractivity contribution in [1.29, 1.82) is 0 Å². The summed E-state index contributed by atoms with van der Waals surface area (Å²) in [7, 11) is 1.50. The highest BCUT2D eigenvalue weighted by Crippen LogP contribution is 2.38. The van der Waals surface area contributed by atoms with Crippen LogP contribution < -0.4 is 5.32 Å². The second-order valence-electron chi connectivity index (χ2n) is 5.49. The first-order valence-electron chi connectivity index (χ1n) is 7.17. The lowest BCUT2D eigenvalue weighted by molar-refractivity contribution is -0.146. The molecule has 0 saturated heterocycles. The molecule has 1 aliphatic carbocycles. The van der Waals surface area contributed by atoms with Crippen molar-refractivity contribution in [2.24, 2.45) is 17.8 Å². The van der Waals surface area contributed by atoms with Gasteiger partial charge in [0.1, 0.15) is 0 Å². The zero-order valence-corrected chi connectivity index (χ0v) is 12.2. The Morgan fingerprint density at radius 3 is 2.55 bits per heavy atom. The normalized spacial score (nSPS) is 27.2. The molecule has 116 valence electrons. The van der Waals surface area contributed by atoms with Crippen LogP contribution in [0.1, 0.15) is 32.6 Å². The molecule has 4 unspecified atom stereocenters. The molecule has 20 heavy (non-hydrogen) atoms. The third-order valence-corrected chi connectivity index (χ3v) is 4.03. The monoisotopic (exact) mass is 287 g/mol. The summed E-state index contributed by atoms with van der Waals surface area (Å²) in [6, 6.07) is 0. The predicted octanol–water partition coefficient (Wildman–Crippen LogP) is 0.637. The number of hydrogen-bond donors (Lipinski definition) is 3. The fourth-order valence-electron chi connectivity index (χ4n) is 2.81. The lowest BCUT2D eigenvalue weighted by Gasteiger charge is -2.16. The summed E-state index contributed by atoms with van der Waals surface area (Å²) in [5.74, 6) is -1.81. The summed E-state index contributed by atoms with van der Waals surface area (Å²) in [6.45, 7) is 2.59. The van der Waals surface area contributed by atoms with Gasteiger partial charge in [0.2, 0.25) is 5.91 Å². The number of nitrogens with one attached hydrogen (secondary N) is 1. The van der Waals surface area contributed by atoms with Crippen LogP contribution in [0.3, 0.4) is 0 Å². The van der Waals surface area contributed by atoms with E-state index in [1.165, 1.54) is 7.11 Å². The van der Waals surface area contributed by atoms with Gasteiger partial charge in [-0.2, -0.15) is 0 Å². The predicted molar refractivity (Wildman–Crippen MR) is 73.1 cm³/mol. The number of carboxylic acids is 1. The topological polar surface area (TPSA) is 95.9 Å². The molecular formula is C14H25NO5. The van der Waals surface area contributed by atoms with Crippen LogP contribution in [-0.2, 0) is 14.3 Å². The van der Waals surface area contributed by atoms with Crippen molar-refractivity contribution in [2.45, 2.75) is 38.7 Å². The van der Waals surface area contributed by atoms with Crippen LogP contribution in [0.25, 0.3) is 0 Å². The van der Waals surface area contributed by atoms with Gasteiger partial charge in [-0.15, -0.1) is 0 Å². The molecule has 4 atom stereocenters. The van der Waals surface area contributed by atoms with Gasteiger partial charge in [-0.05, 0) is 25.2 Å². The Kier molecular flexibility index (Phi) is 6.95. The van der Waals surface area contributed by atoms with E-state index in [9.17, 15) is 19.8 Å². The minimum absolute atomic E-state index is 0.210. The smallest absolute Gasteiger partial charge is 0.307 e. The number of aliphatic hydroxyl groups is 1. The van der Waals surface area contributed by atoms with Crippen molar-refractivity contribution < 1.29 is 24.5 Å². The number of hydrogen-bond acceptors (Lipinski definition) is 4. The van der Waals surface area contributed by atoms with Crippen LogP contribution >= 0.6 is 0 Å². The van der Waals surface area contributed by atoms with Gasteiger partial charge in [0.05, 0.1) is 24.5 Å². The van der Waals surface area contributed by atoms with E-state index in [2.05, 4.69) is 5.32 Å². The van der Waals surface area contributed by atoms with Crippen LogP contribution in [0.5, 0.6) is 0 Å². The quantitative estimate of drug-likeness (QED) is 0.609. The van der Waals surface area contributed by atoms with E-state index in [0.717, 1.165) is 6.42 Å². The van der Waals surface area contributed by atoms with Gasteiger partial charge in [0.25, 0.3) is 0 Å². The standard InChI is InChI=1S/C14H25NO5/c1-3-9-6-11(12(7-9)14(18)19)13(17)15-5-4-10(16)8-20-2/h9-12,16H,3-8H2,1-2H3,(H,15,17)(H,18,19). The fraction of sp³-hybridized carbons (Fsp3) is 0.857. The molecular weight excluding hydrogens is 262 g/mol. The molecule has 1 saturated carbocycles. The average Bonchev–Trinajstić information content (AvgIpc) is 2.83. The second-order valence-corrected chi connectivity index (χ2v) is 5.49. The molecule has 0 aromatic heterocycles. The first-order chi connectivity index (χ1) is 9.49. The number of aliphatic hydroxyl groups excluding tert-OH is 1. The maximum atomic E-state index is 12.1. The van der Waals surface area contributed by atoms with Gasteiger partial charge in [-0.25, -0.2) is 0 Å². The van der Waals surface area contributed by atoms with Gasteiger partial charge in [-0.1, -0.05) is 13.3 Å². The Morgan fingerprint density at radius 1 is 1.35 bits per heavy atom. The number of carbonyl (C=O) groups excluding carboxylic acids is 1. The Bertz CT molecular complexity index is 334. The minimum Gasteiger partial charge on any atom is -0.481 e. The van der Waals surface area contributed by atoms with Crippen molar-refractivity contribution in [1.82, 2.24) is 5.32 Å². The van der Waals surface area contributed by atoms with Crippen LogP contribution in [0, 0.1) is 17.8 Å². The third-order valence-electron chi connectivity index (χ3n) is 4.03. The van der Waals surface area contributed by atoms with Crippen LogP contribution in [-0.4, -0.2) is 48.5 Å². The molecule has 0 aromatic rings. The highest BCUT2D eigenvalue weighted by molar-refractivity contribution is 5.85. The second kappa shape index (κ2) is 8.21. The maximum absolute atomic E-state index is 12.1. The number of ether oxygens (including phenoxy) is 1. The third kappa shape index (κ3) is 4.76. The van der Waals surface area contributed by atoms with Crippen LogP contribution in [0.4, 0.5) is 0 Å². The summed E-state index contributed by atoms with van der Waals surface area (Å²) < 4.78 is 4.80. The summed E-state index contributed by atoms with van der Waals surface area (Å²) >= 11 is 0. The lowest BCUT2D eigenvalue weighted by Crippen LogP contribution is -2.37. The number of aliphatic carboxylic acids is 1. The van der Waals surface area contributed by atoms with Crippen molar-refractivity contribution in [2.75, 3.05) is 20.3 Å². The molecule has 6 heteroatoms. The zero-order valence-electron chi connectivity index (χ0n) is 12.2. The molecule has 1 rings (SSSR count). The Morgan fingerprint density at radius 2 is 2.00 bits per heavy atom.